The first-order chi connectivity index (χ1) is 10.3. The molecule has 0 aliphatic carbocycles. The van der Waals surface area contributed by atoms with E-state index in [-0.39, 0.29) is 0 Å². The Balaban J connectivity index is 1.92. The van der Waals surface area contributed by atoms with Crippen molar-refractivity contribution >= 4 is 22.8 Å². The summed E-state index contributed by atoms with van der Waals surface area (Å²) in [6.45, 7) is 1.99. The molecule has 1 unspecified atom stereocenters. The molecule has 1 aliphatic heterocycles. The van der Waals surface area contributed by atoms with Crippen LogP contribution in [0.3, 0.4) is 0 Å². The number of nitrogens with zero attached hydrogens (tertiary/aromatic N) is 3. The van der Waals surface area contributed by atoms with E-state index in [1.54, 1.807) is 12.3 Å². The predicted molar refractivity (Wildman–Crippen MR) is 81.4 cm³/mol. The van der Waals surface area contributed by atoms with E-state index in [0.717, 1.165) is 42.9 Å². The number of fused-ring (bicyclic) bond motifs is 1. The van der Waals surface area contributed by atoms with Gasteiger partial charge in [-0.05, 0) is 55.3 Å². The van der Waals surface area contributed by atoms with Crippen LogP contribution in [0.2, 0.25) is 5.22 Å². The predicted octanol–water partition coefficient (Wildman–Crippen LogP) is 3.27. The Morgan fingerprint density at radius 2 is 2.29 bits per heavy atom. The minimum Gasteiger partial charge on any atom is -0.441 e. The number of nitrogens with one attached hydrogen (secondary N) is 1. The van der Waals surface area contributed by atoms with E-state index < -0.39 is 0 Å². The van der Waals surface area contributed by atoms with E-state index in [2.05, 4.69) is 14.9 Å². The first kappa shape index (κ1) is 12.9. The number of pyridine rings is 1. The Hall–Kier alpha value is -1.85. The fourth-order valence-corrected chi connectivity index (χ4v) is 3.08. The SMILES string of the molecule is Clc1ccc(-c2nc3cccnc3n2C2CCCNC2)o1. The molecular formula is C15H15ClN4O. The maximum Gasteiger partial charge on any atom is 0.194 e. The summed E-state index contributed by atoms with van der Waals surface area (Å²) in [5.74, 6) is 1.48. The zero-order valence-corrected chi connectivity index (χ0v) is 12.2. The number of halogens is 1. The topological polar surface area (TPSA) is 55.9 Å². The van der Waals surface area contributed by atoms with Gasteiger partial charge in [-0.3, -0.25) is 0 Å². The third-order valence-corrected chi connectivity index (χ3v) is 4.08. The van der Waals surface area contributed by atoms with Crippen LogP contribution in [0.15, 0.2) is 34.9 Å². The number of aromatic nitrogens is 3. The summed E-state index contributed by atoms with van der Waals surface area (Å²) < 4.78 is 7.74. The van der Waals surface area contributed by atoms with Gasteiger partial charge in [-0.1, -0.05) is 0 Å². The van der Waals surface area contributed by atoms with Gasteiger partial charge in [-0.25, -0.2) is 9.97 Å². The molecule has 1 aliphatic rings. The molecule has 21 heavy (non-hydrogen) atoms. The van der Waals surface area contributed by atoms with Crippen molar-refractivity contribution < 1.29 is 4.42 Å². The molecule has 0 radical (unpaired) electrons. The Kier molecular flexibility index (Phi) is 3.16. The van der Waals surface area contributed by atoms with Gasteiger partial charge < -0.3 is 14.3 Å². The Labute approximate surface area is 126 Å². The average molecular weight is 303 g/mol. The van der Waals surface area contributed by atoms with E-state index in [1.165, 1.54) is 0 Å². The number of rotatable bonds is 2. The highest BCUT2D eigenvalue weighted by molar-refractivity contribution is 6.28. The van der Waals surface area contributed by atoms with Crippen LogP contribution < -0.4 is 5.32 Å². The smallest absolute Gasteiger partial charge is 0.194 e. The van der Waals surface area contributed by atoms with Gasteiger partial charge in [0.15, 0.2) is 22.5 Å². The molecule has 4 heterocycles. The second kappa shape index (κ2) is 5.16. The van der Waals surface area contributed by atoms with Crippen LogP contribution in [0, 0.1) is 0 Å². The molecule has 3 aromatic heterocycles. The van der Waals surface area contributed by atoms with Crippen molar-refractivity contribution in [2.24, 2.45) is 0 Å². The van der Waals surface area contributed by atoms with Crippen LogP contribution in [-0.2, 0) is 0 Å². The van der Waals surface area contributed by atoms with E-state index in [4.69, 9.17) is 21.0 Å². The van der Waals surface area contributed by atoms with Gasteiger partial charge in [0.25, 0.3) is 0 Å². The number of imidazole rings is 1. The molecule has 0 bridgehead atoms. The van der Waals surface area contributed by atoms with E-state index in [0.29, 0.717) is 17.0 Å². The number of hydrogen-bond acceptors (Lipinski definition) is 4. The van der Waals surface area contributed by atoms with Crippen LogP contribution in [0.5, 0.6) is 0 Å². The molecule has 5 nitrogen and oxygen atoms in total. The van der Waals surface area contributed by atoms with E-state index >= 15 is 0 Å². The monoisotopic (exact) mass is 302 g/mol. The summed E-state index contributed by atoms with van der Waals surface area (Å²) in [6, 6.07) is 7.81. The maximum atomic E-state index is 5.92. The second-order valence-electron chi connectivity index (χ2n) is 5.26. The van der Waals surface area contributed by atoms with Crippen LogP contribution in [0.4, 0.5) is 0 Å². The first-order valence-electron chi connectivity index (χ1n) is 7.12. The molecule has 1 saturated heterocycles. The highest BCUT2D eigenvalue weighted by Crippen LogP contribution is 2.31. The van der Waals surface area contributed by atoms with Crippen LogP contribution in [0.1, 0.15) is 18.9 Å². The second-order valence-corrected chi connectivity index (χ2v) is 5.63. The molecule has 6 heteroatoms. The fourth-order valence-electron chi connectivity index (χ4n) is 2.94. The van der Waals surface area contributed by atoms with Crippen molar-refractivity contribution in [1.82, 2.24) is 19.9 Å². The third kappa shape index (κ3) is 2.22. The Morgan fingerprint density at radius 1 is 1.33 bits per heavy atom. The third-order valence-electron chi connectivity index (χ3n) is 3.88. The van der Waals surface area contributed by atoms with Crippen LogP contribution >= 0.6 is 11.6 Å². The summed E-state index contributed by atoms with van der Waals surface area (Å²) in [6.07, 6.45) is 4.06. The number of hydrogen-bond donors (Lipinski definition) is 1. The van der Waals surface area contributed by atoms with E-state index in [1.807, 2.05) is 18.2 Å². The van der Waals surface area contributed by atoms with Gasteiger partial charge in [0, 0.05) is 18.8 Å². The molecule has 1 atom stereocenters. The van der Waals surface area contributed by atoms with Crippen LogP contribution in [0.25, 0.3) is 22.7 Å². The quantitative estimate of drug-likeness (QED) is 0.789. The summed E-state index contributed by atoms with van der Waals surface area (Å²) in [5.41, 5.74) is 1.78. The van der Waals surface area contributed by atoms with Crippen molar-refractivity contribution in [3.8, 4) is 11.6 Å². The molecule has 4 rings (SSSR count). The van der Waals surface area contributed by atoms with Crippen molar-refractivity contribution in [3.63, 3.8) is 0 Å². The molecule has 108 valence electrons. The largest absolute Gasteiger partial charge is 0.441 e. The number of piperidine rings is 1. The van der Waals surface area contributed by atoms with Crippen molar-refractivity contribution in [2.45, 2.75) is 18.9 Å². The molecule has 3 aromatic rings. The number of furan rings is 1. The molecule has 0 spiro atoms. The van der Waals surface area contributed by atoms with Gasteiger partial charge in [-0.2, -0.15) is 0 Å². The minimum atomic E-state index is 0.331. The molecule has 1 fully saturated rings. The molecule has 1 N–H and O–H groups in total. The van der Waals surface area contributed by atoms with Gasteiger partial charge in [0.2, 0.25) is 0 Å². The lowest BCUT2D eigenvalue weighted by Gasteiger charge is -2.25. The lowest BCUT2D eigenvalue weighted by atomic mass is 10.1. The fraction of sp³-hybridized carbons (Fsp3) is 0.333. The summed E-state index contributed by atoms with van der Waals surface area (Å²) in [4.78, 5) is 9.20. The van der Waals surface area contributed by atoms with E-state index in [9.17, 15) is 0 Å². The van der Waals surface area contributed by atoms with Crippen molar-refractivity contribution in [1.29, 1.82) is 0 Å². The zero-order valence-electron chi connectivity index (χ0n) is 11.4. The Bertz CT molecular complexity index is 773. The van der Waals surface area contributed by atoms with Crippen LogP contribution in [-0.4, -0.2) is 27.6 Å². The molecule has 0 saturated carbocycles. The zero-order chi connectivity index (χ0) is 14.2. The van der Waals surface area contributed by atoms with Gasteiger partial charge >= 0.3 is 0 Å². The standard InChI is InChI=1S/C15H15ClN4O/c16-13-6-5-12(21-13)15-19-11-4-2-8-18-14(11)20(15)10-3-1-7-17-9-10/h2,4-6,8,10,17H,1,3,7,9H2. The summed E-state index contributed by atoms with van der Waals surface area (Å²) in [5, 5.41) is 3.81. The highest BCUT2D eigenvalue weighted by atomic mass is 35.5. The van der Waals surface area contributed by atoms with Crippen molar-refractivity contribution in [3.05, 3.63) is 35.7 Å². The maximum absolute atomic E-state index is 5.92. The summed E-state index contributed by atoms with van der Waals surface area (Å²) >= 11 is 5.92. The van der Waals surface area contributed by atoms with Gasteiger partial charge in [0.1, 0.15) is 5.52 Å². The average Bonchev–Trinajstić information content (AvgIpc) is 3.11. The lowest BCUT2D eigenvalue weighted by molar-refractivity contribution is 0.377. The van der Waals surface area contributed by atoms with Gasteiger partial charge in [0.05, 0.1) is 0 Å². The summed E-state index contributed by atoms with van der Waals surface area (Å²) in [7, 11) is 0. The highest BCUT2D eigenvalue weighted by Gasteiger charge is 2.24. The normalized spacial score (nSPS) is 19.2. The van der Waals surface area contributed by atoms with Crippen molar-refractivity contribution in [2.75, 3.05) is 13.1 Å². The first-order valence-corrected chi connectivity index (χ1v) is 7.50. The lowest BCUT2D eigenvalue weighted by Crippen LogP contribution is -2.32. The molecular weight excluding hydrogens is 288 g/mol. The molecule has 0 aromatic carbocycles. The minimum absolute atomic E-state index is 0.331. The Morgan fingerprint density at radius 3 is 3.05 bits per heavy atom. The molecule has 0 amide bonds. The van der Waals surface area contributed by atoms with Gasteiger partial charge in [-0.15, -0.1) is 0 Å².